The molecule has 0 aliphatic heterocycles. The van der Waals surface area contributed by atoms with Gasteiger partial charge >= 0.3 is 5.97 Å². The van der Waals surface area contributed by atoms with E-state index >= 15 is 0 Å². The molecule has 0 atom stereocenters. The fourth-order valence-electron chi connectivity index (χ4n) is 1.33. The van der Waals surface area contributed by atoms with Gasteiger partial charge in [-0.3, -0.25) is 4.79 Å². The van der Waals surface area contributed by atoms with Crippen molar-refractivity contribution in [3.05, 3.63) is 35.1 Å². The molecule has 1 rings (SSSR count). The predicted octanol–water partition coefficient (Wildman–Crippen LogP) is 2.13. The van der Waals surface area contributed by atoms with Gasteiger partial charge in [0.2, 0.25) is 0 Å². The Balaban J connectivity index is 2.91. The summed E-state index contributed by atoms with van der Waals surface area (Å²) in [4.78, 5) is 22.1. The minimum Gasteiger partial charge on any atom is -0.462 e. The quantitative estimate of drug-likeness (QED) is 0.736. The van der Waals surface area contributed by atoms with Crippen molar-refractivity contribution in [1.29, 1.82) is 0 Å². The highest BCUT2D eigenvalue weighted by atomic mass is 19.1. The summed E-state index contributed by atoms with van der Waals surface area (Å²) in [5.41, 5.74) is 0.451. The average Bonchev–Trinajstić information content (AvgIpc) is 2.16. The molecule has 0 fully saturated rings. The van der Waals surface area contributed by atoms with E-state index in [0.717, 1.165) is 0 Å². The van der Waals surface area contributed by atoms with Crippen LogP contribution in [-0.2, 0) is 16.0 Å². The van der Waals surface area contributed by atoms with Gasteiger partial charge in [0.05, 0.1) is 12.2 Å². The molecule has 0 spiro atoms. The number of rotatable bonds is 4. The van der Waals surface area contributed by atoms with E-state index in [1.54, 1.807) is 13.0 Å². The van der Waals surface area contributed by atoms with Crippen LogP contribution in [0.25, 0.3) is 0 Å². The van der Waals surface area contributed by atoms with E-state index in [0.29, 0.717) is 5.56 Å². The lowest BCUT2D eigenvalue weighted by molar-refractivity contribution is -0.116. The van der Waals surface area contributed by atoms with Crippen molar-refractivity contribution in [2.75, 3.05) is 6.61 Å². The van der Waals surface area contributed by atoms with Gasteiger partial charge in [0, 0.05) is 6.42 Å². The number of carbonyl (C=O) groups excluding carboxylic acids is 2. The maximum atomic E-state index is 13.5. The standard InChI is InChI=1S/C12H13FO3/c1-3-16-12(15)10-5-4-9(6-8(2)14)7-11(10)13/h4-5,7H,3,6H2,1-2H3. The molecule has 0 N–H and O–H groups in total. The van der Waals surface area contributed by atoms with Gasteiger partial charge in [-0.15, -0.1) is 0 Å². The number of benzene rings is 1. The van der Waals surface area contributed by atoms with E-state index in [1.165, 1.54) is 19.1 Å². The summed E-state index contributed by atoms with van der Waals surface area (Å²) in [5.74, 6) is -1.39. The molecule has 0 aromatic heterocycles. The second-order valence-electron chi connectivity index (χ2n) is 3.41. The molecule has 0 aliphatic carbocycles. The topological polar surface area (TPSA) is 43.4 Å². The van der Waals surface area contributed by atoms with Gasteiger partial charge in [-0.05, 0) is 31.5 Å². The summed E-state index contributed by atoms with van der Waals surface area (Å²) in [6.45, 7) is 3.28. The van der Waals surface area contributed by atoms with Crippen molar-refractivity contribution in [3.8, 4) is 0 Å². The predicted molar refractivity (Wildman–Crippen MR) is 56.7 cm³/mol. The SMILES string of the molecule is CCOC(=O)c1ccc(CC(C)=O)cc1F. The van der Waals surface area contributed by atoms with Gasteiger partial charge in [-0.2, -0.15) is 0 Å². The van der Waals surface area contributed by atoms with E-state index in [2.05, 4.69) is 4.74 Å². The van der Waals surface area contributed by atoms with E-state index in [4.69, 9.17) is 0 Å². The first kappa shape index (κ1) is 12.4. The zero-order valence-corrected chi connectivity index (χ0v) is 9.25. The van der Waals surface area contributed by atoms with E-state index in [-0.39, 0.29) is 24.4 Å². The molecular weight excluding hydrogens is 211 g/mol. The Hall–Kier alpha value is -1.71. The van der Waals surface area contributed by atoms with Gasteiger partial charge < -0.3 is 4.74 Å². The summed E-state index contributed by atoms with van der Waals surface area (Å²) >= 11 is 0. The highest BCUT2D eigenvalue weighted by molar-refractivity contribution is 5.90. The van der Waals surface area contributed by atoms with Gasteiger partial charge in [-0.1, -0.05) is 6.07 Å². The van der Waals surface area contributed by atoms with Crippen LogP contribution in [0.3, 0.4) is 0 Å². The summed E-state index contributed by atoms with van der Waals surface area (Å²) in [7, 11) is 0. The third kappa shape index (κ3) is 3.15. The Bertz CT molecular complexity index is 413. The summed E-state index contributed by atoms with van der Waals surface area (Å²) in [6.07, 6.45) is 0.167. The van der Waals surface area contributed by atoms with Gasteiger partial charge in [-0.25, -0.2) is 9.18 Å². The third-order valence-electron chi connectivity index (χ3n) is 1.98. The number of ketones is 1. The molecule has 1 aromatic carbocycles. The third-order valence-corrected chi connectivity index (χ3v) is 1.98. The van der Waals surface area contributed by atoms with Gasteiger partial charge in [0.25, 0.3) is 0 Å². The first-order valence-electron chi connectivity index (χ1n) is 4.99. The van der Waals surface area contributed by atoms with Crippen molar-refractivity contribution in [3.63, 3.8) is 0 Å². The smallest absolute Gasteiger partial charge is 0.341 e. The molecule has 0 saturated heterocycles. The van der Waals surface area contributed by atoms with Crippen LogP contribution in [-0.4, -0.2) is 18.4 Å². The van der Waals surface area contributed by atoms with E-state index < -0.39 is 11.8 Å². The van der Waals surface area contributed by atoms with Crippen LogP contribution in [0, 0.1) is 5.82 Å². The molecule has 1 aromatic rings. The molecule has 0 radical (unpaired) electrons. The molecule has 0 unspecified atom stereocenters. The van der Waals surface area contributed by atoms with E-state index in [9.17, 15) is 14.0 Å². The van der Waals surface area contributed by atoms with Crippen molar-refractivity contribution < 1.29 is 18.7 Å². The van der Waals surface area contributed by atoms with Crippen LogP contribution < -0.4 is 0 Å². The number of hydrogen-bond donors (Lipinski definition) is 0. The van der Waals surface area contributed by atoms with E-state index in [1.807, 2.05) is 0 Å². The van der Waals surface area contributed by atoms with Crippen LogP contribution in [0.15, 0.2) is 18.2 Å². The number of esters is 1. The number of Topliss-reactive ketones (excluding diaryl/α,β-unsaturated/α-hetero) is 1. The Kier molecular flexibility index (Phi) is 4.17. The van der Waals surface area contributed by atoms with Crippen LogP contribution >= 0.6 is 0 Å². The molecular formula is C12H13FO3. The zero-order chi connectivity index (χ0) is 12.1. The molecule has 0 bridgehead atoms. The highest BCUT2D eigenvalue weighted by Crippen LogP contribution is 2.12. The molecule has 4 heteroatoms. The highest BCUT2D eigenvalue weighted by Gasteiger charge is 2.13. The lowest BCUT2D eigenvalue weighted by Gasteiger charge is -2.04. The normalized spacial score (nSPS) is 9.94. The Morgan fingerprint density at radius 2 is 2.06 bits per heavy atom. The zero-order valence-electron chi connectivity index (χ0n) is 9.25. The van der Waals surface area contributed by atoms with Crippen LogP contribution in [0.1, 0.15) is 29.8 Å². The monoisotopic (exact) mass is 224 g/mol. The summed E-state index contributed by atoms with van der Waals surface area (Å²) in [6, 6.07) is 4.08. The lowest BCUT2D eigenvalue weighted by atomic mass is 10.1. The molecule has 0 heterocycles. The van der Waals surface area contributed by atoms with Crippen molar-refractivity contribution in [2.45, 2.75) is 20.3 Å². The van der Waals surface area contributed by atoms with Gasteiger partial charge in [0.1, 0.15) is 11.6 Å². The number of ether oxygens (including phenoxy) is 1. The maximum absolute atomic E-state index is 13.5. The van der Waals surface area contributed by atoms with Crippen molar-refractivity contribution >= 4 is 11.8 Å². The largest absolute Gasteiger partial charge is 0.462 e. The molecule has 0 aliphatic rings. The summed E-state index contributed by atoms with van der Waals surface area (Å²) in [5, 5.41) is 0. The van der Waals surface area contributed by atoms with Gasteiger partial charge in [0.15, 0.2) is 0 Å². The fourth-order valence-corrected chi connectivity index (χ4v) is 1.33. The molecule has 0 saturated carbocycles. The molecule has 16 heavy (non-hydrogen) atoms. The minimum absolute atomic E-state index is 0.0525. The Morgan fingerprint density at radius 1 is 1.38 bits per heavy atom. The molecule has 0 amide bonds. The lowest BCUT2D eigenvalue weighted by Crippen LogP contribution is -2.08. The second-order valence-corrected chi connectivity index (χ2v) is 3.41. The number of hydrogen-bond acceptors (Lipinski definition) is 3. The first-order valence-corrected chi connectivity index (χ1v) is 4.99. The fraction of sp³-hybridized carbons (Fsp3) is 0.333. The average molecular weight is 224 g/mol. The van der Waals surface area contributed by atoms with Crippen LogP contribution in [0.5, 0.6) is 0 Å². The second kappa shape index (κ2) is 5.39. The first-order chi connectivity index (χ1) is 7.54. The Labute approximate surface area is 93.2 Å². The van der Waals surface area contributed by atoms with Crippen LogP contribution in [0.2, 0.25) is 0 Å². The minimum atomic E-state index is -0.686. The Morgan fingerprint density at radius 3 is 2.56 bits per heavy atom. The van der Waals surface area contributed by atoms with Crippen molar-refractivity contribution in [2.24, 2.45) is 0 Å². The summed E-state index contributed by atoms with van der Waals surface area (Å²) < 4.78 is 18.1. The number of halogens is 1. The molecule has 86 valence electrons. The maximum Gasteiger partial charge on any atom is 0.341 e. The van der Waals surface area contributed by atoms with Crippen LogP contribution in [0.4, 0.5) is 4.39 Å². The molecule has 3 nitrogen and oxygen atoms in total. The van der Waals surface area contributed by atoms with Crippen molar-refractivity contribution in [1.82, 2.24) is 0 Å². The number of carbonyl (C=O) groups is 2.